The van der Waals surface area contributed by atoms with Crippen molar-refractivity contribution in [3.63, 3.8) is 0 Å². The molecule has 1 heterocycles. The van der Waals surface area contributed by atoms with Gasteiger partial charge in [-0.1, -0.05) is 0 Å². The van der Waals surface area contributed by atoms with Crippen LogP contribution in [0.4, 0.5) is 0 Å². The standard InChI is InChI=1S/C9H16N2O3/c1-9(2,5-14-3)11-6-4-7(12)10-8(6)13/h6,11H,4-5H2,1-3H3,(H,10,12,13). The molecule has 14 heavy (non-hydrogen) atoms. The Labute approximate surface area is 83.2 Å². The van der Waals surface area contributed by atoms with Crippen molar-refractivity contribution >= 4 is 11.8 Å². The van der Waals surface area contributed by atoms with E-state index in [-0.39, 0.29) is 23.8 Å². The van der Waals surface area contributed by atoms with Gasteiger partial charge in [0.15, 0.2) is 0 Å². The molecule has 0 aromatic rings. The molecule has 0 aromatic heterocycles. The van der Waals surface area contributed by atoms with Crippen LogP contribution < -0.4 is 10.6 Å². The minimum absolute atomic E-state index is 0.214. The Morgan fingerprint density at radius 1 is 1.57 bits per heavy atom. The van der Waals surface area contributed by atoms with E-state index in [0.29, 0.717) is 6.61 Å². The summed E-state index contributed by atoms with van der Waals surface area (Å²) in [7, 11) is 1.60. The highest BCUT2D eigenvalue weighted by atomic mass is 16.5. The molecule has 1 aliphatic rings. The van der Waals surface area contributed by atoms with Crippen molar-refractivity contribution < 1.29 is 14.3 Å². The Morgan fingerprint density at radius 3 is 2.64 bits per heavy atom. The number of hydrogen-bond donors (Lipinski definition) is 2. The fourth-order valence-corrected chi connectivity index (χ4v) is 1.54. The molecule has 0 radical (unpaired) electrons. The Bertz CT molecular complexity index is 250. The normalized spacial score (nSPS) is 22.6. The molecule has 0 aromatic carbocycles. The summed E-state index contributed by atoms with van der Waals surface area (Å²) in [4.78, 5) is 22.1. The van der Waals surface area contributed by atoms with Gasteiger partial charge in [0.25, 0.3) is 0 Å². The van der Waals surface area contributed by atoms with Gasteiger partial charge < -0.3 is 4.74 Å². The topological polar surface area (TPSA) is 67.4 Å². The summed E-state index contributed by atoms with van der Waals surface area (Å²) in [5.41, 5.74) is -0.304. The molecule has 5 nitrogen and oxygen atoms in total. The number of hydrogen-bond acceptors (Lipinski definition) is 4. The highest BCUT2D eigenvalue weighted by Gasteiger charge is 2.34. The van der Waals surface area contributed by atoms with Crippen LogP contribution >= 0.6 is 0 Å². The Morgan fingerprint density at radius 2 is 2.21 bits per heavy atom. The number of carbonyl (C=O) groups excluding carboxylic acids is 2. The Balaban J connectivity index is 2.51. The van der Waals surface area contributed by atoms with Gasteiger partial charge in [0.1, 0.15) is 0 Å². The van der Waals surface area contributed by atoms with Crippen molar-refractivity contribution in [1.29, 1.82) is 0 Å². The molecular weight excluding hydrogens is 184 g/mol. The Hall–Kier alpha value is -0.940. The van der Waals surface area contributed by atoms with Crippen molar-refractivity contribution in [3.8, 4) is 0 Å². The number of imide groups is 1. The van der Waals surface area contributed by atoms with E-state index in [1.807, 2.05) is 13.8 Å². The van der Waals surface area contributed by atoms with Gasteiger partial charge in [-0.05, 0) is 13.8 Å². The van der Waals surface area contributed by atoms with Crippen LogP contribution in [0.15, 0.2) is 0 Å². The zero-order valence-electron chi connectivity index (χ0n) is 8.72. The second-order valence-corrected chi connectivity index (χ2v) is 4.13. The van der Waals surface area contributed by atoms with E-state index in [0.717, 1.165) is 0 Å². The third kappa shape index (κ3) is 2.78. The van der Waals surface area contributed by atoms with Gasteiger partial charge >= 0.3 is 0 Å². The first-order valence-corrected chi connectivity index (χ1v) is 4.55. The monoisotopic (exact) mass is 200 g/mol. The summed E-state index contributed by atoms with van der Waals surface area (Å²) >= 11 is 0. The first-order valence-electron chi connectivity index (χ1n) is 4.55. The predicted molar refractivity (Wildman–Crippen MR) is 50.6 cm³/mol. The van der Waals surface area contributed by atoms with Crippen LogP contribution in [-0.2, 0) is 14.3 Å². The minimum atomic E-state index is -0.423. The average molecular weight is 200 g/mol. The molecule has 1 saturated heterocycles. The maximum atomic E-state index is 11.2. The maximum absolute atomic E-state index is 11.2. The quantitative estimate of drug-likeness (QED) is 0.596. The molecular formula is C9H16N2O3. The average Bonchev–Trinajstić information content (AvgIpc) is 2.28. The predicted octanol–water partition coefficient (Wildman–Crippen LogP) is -0.584. The van der Waals surface area contributed by atoms with Crippen LogP contribution in [0.25, 0.3) is 0 Å². The number of methoxy groups -OCH3 is 1. The molecule has 1 aliphatic heterocycles. The molecule has 0 spiro atoms. The van der Waals surface area contributed by atoms with E-state index in [1.54, 1.807) is 7.11 Å². The first-order chi connectivity index (χ1) is 6.44. The molecule has 0 saturated carbocycles. The molecule has 1 rings (SSSR count). The lowest BCUT2D eigenvalue weighted by atomic mass is 10.0. The Kier molecular flexibility index (Phi) is 3.23. The van der Waals surface area contributed by atoms with Crippen LogP contribution in [0, 0.1) is 0 Å². The van der Waals surface area contributed by atoms with Crippen LogP contribution in [-0.4, -0.2) is 37.1 Å². The van der Waals surface area contributed by atoms with Crippen molar-refractivity contribution in [2.24, 2.45) is 0 Å². The summed E-state index contributed by atoms with van der Waals surface area (Å²) < 4.78 is 5.00. The van der Waals surface area contributed by atoms with Gasteiger partial charge in [-0.3, -0.25) is 20.2 Å². The molecule has 0 aliphatic carbocycles. The molecule has 1 atom stereocenters. The molecule has 0 bridgehead atoms. The van der Waals surface area contributed by atoms with E-state index in [1.165, 1.54) is 0 Å². The van der Waals surface area contributed by atoms with Crippen LogP contribution in [0.2, 0.25) is 0 Å². The van der Waals surface area contributed by atoms with Gasteiger partial charge in [0.05, 0.1) is 19.1 Å². The van der Waals surface area contributed by atoms with E-state index in [4.69, 9.17) is 4.74 Å². The zero-order valence-corrected chi connectivity index (χ0v) is 8.72. The minimum Gasteiger partial charge on any atom is -0.383 e. The fourth-order valence-electron chi connectivity index (χ4n) is 1.54. The SMILES string of the molecule is COCC(C)(C)NC1CC(=O)NC1=O. The summed E-state index contributed by atoms with van der Waals surface area (Å²) in [5, 5.41) is 5.33. The summed E-state index contributed by atoms with van der Waals surface area (Å²) in [5.74, 6) is -0.472. The lowest BCUT2D eigenvalue weighted by Crippen LogP contribution is -2.51. The third-order valence-electron chi connectivity index (χ3n) is 2.04. The molecule has 80 valence electrons. The first kappa shape index (κ1) is 11.1. The highest BCUT2D eigenvalue weighted by molar-refractivity contribution is 6.05. The number of carbonyl (C=O) groups is 2. The van der Waals surface area contributed by atoms with Gasteiger partial charge in [-0.25, -0.2) is 0 Å². The number of ether oxygens (including phenoxy) is 1. The molecule has 1 fully saturated rings. The van der Waals surface area contributed by atoms with Crippen LogP contribution in [0.1, 0.15) is 20.3 Å². The highest BCUT2D eigenvalue weighted by Crippen LogP contribution is 2.09. The van der Waals surface area contributed by atoms with Crippen molar-refractivity contribution in [1.82, 2.24) is 10.6 Å². The summed E-state index contributed by atoms with van der Waals surface area (Å²) in [6.07, 6.45) is 0.214. The number of amides is 2. The molecule has 5 heteroatoms. The zero-order chi connectivity index (χ0) is 10.8. The van der Waals surface area contributed by atoms with Crippen LogP contribution in [0.5, 0.6) is 0 Å². The summed E-state index contributed by atoms with van der Waals surface area (Å²) in [6.45, 7) is 4.34. The molecule has 2 amide bonds. The third-order valence-corrected chi connectivity index (χ3v) is 2.04. The second kappa shape index (κ2) is 4.06. The van der Waals surface area contributed by atoms with E-state index < -0.39 is 6.04 Å². The van der Waals surface area contributed by atoms with E-state index in [9.17, 15) is 9.59 Å². The van der Waals surface area contributed by atoms with Crippen molar-refractivity contribution in [2.45, 2.75) is 31.8 Å². The molecule has 1 unspecified atom stereocenters. The van der Waals surface area contributed by atoms with Crippen molar-refractivity contribution in [3.05, 3.63) is 0 Å². The number of nitrogens with one attached hydrogen (secondary N) is 2. The smallest absolute Gasteiger partial charge is 0.244 e. The lowest BCUT2D eigenvalue weighted by molar-refractivity contribution is -0.125. The lowest BCUT2D eigenvalue weighted by Gasteiger charge is -2.27. The van der Waals surface area contributed by atoms with E-state index >= 15 is 0 Å². The van der Waals surface area contributed by atoms with E-state index in [2.05, 4.69) is 10.6 Å². The van der Waals surface area contributed by atoms with Crippen LogP contribution in [0.3, 0.4) is 0 Å². The number of rotatable bonds is 4. The molecule has 2 N–H and O–H groups in total. The summed E-state index contributed by atoms with van der Waals surface area (Å²) in [6, 6.07) is -0.423. The van der Waals surface area contributed by atoms with Gasteiger partial charge in [0, 0.05) is 12.6 Å². The fraction of sp³-hybridized carbons (Fsp3) is 0.778. The second-order valence-electron chi connectivity index (χ2n) is 4.13. The van der Waals surface area contributed by atoms with Gasteiger partial charge in [-0.2, -0.15) is 0 Å². The van der Waals surface area contributed by atoms with Gasteiger partial charge in [-0.15, -0.1) is 0 Å². The van der Waals surface area contributed by atoms with Gasteiger partial charge in [0.2, 0.25) is 11.8 Å². The van der Waals surface area contributed by atoms with Crippen molar-refractivity contribution in [2.75, 3.05) is 13.7 Å². The largest absolute Gasteiger partial charge is 0.383 e. The maximum Gasteiger partial charge on any atom is 0.244 e.